The molecule has 1 fully saturated rings. The zero-order valence-electron chi connectivity index (χ0n) is 10.1. The summed E-state index contributed by atoms with van der Waals surface area (Å²) in [6, 6.07) is 5.83. The van der Waals surface area contributed by atoms with Gasteiger partial charge >= 0.3 is 0 Å². The highest BCUT2D eigenvalue weighted by Crippen LogP contribution is 2.40. The van der Waals surface area contributed by atoms with Gasteiger partial charge in [0.05, 0.1) is 11.6 Å². The maximum atomic E-state index is 13.7. The molecule has 90 valence electrons. The molecular formula is C13H16FN3. The van der Waals surface area contributed by atoms with E-state index < -0.39 is 0 Å². The number of imidazole rings is 1. The van der Waals surface area contributed by atoms with Crippen molar-refractivity contribution in [2.45, 2.75) is 31.8 Å². The number of nitrogens with zero attached hydrogens (tertiary/aromatic N) is 2. The molecule has 1 heterocycles. The summed E-state index contributed by atoms with van der Waals surface area (Å²) in [4.78, 5) is 4.47. The number of rotatable bonds is 3. The molecule has 1 aromatic heterocycles. The smallest absolute Gasteiger partial charge is 0.151 e. The normalized spacial score (nSPS) is 17.6. The Morgan fingerprint density at radius 3 is 2.88 bits per heavy atom. The molecule has 17 heavy (non-hydrogen) atoms. The van der Waals surface area contributed by atoms with Gasteiger partial charge in [0.15, 0.2) is 5.82 Å². The van der Waals surface area contributed by atoms with E-state index in [2.05, 4.69) is 21.8 Å². The second kappa shape index (κ2) is 3.81. The molecule has 1 aliphatic rings. The summed E-state index contributed by atoms with van der Waals surface area (Å²) in [7, 11) is 1.90. The van der Waals surface area contributed by atoms with Crippen molar-refractivity contribution in [3.63, 3.8) is 0 Å². The molecule has 1 aromatic carbocycles. The van der Waals surface area contributed by atoms with Crippen molar-refractivity contribution in [3.05, 3.63) is 29.8 Å². The maximum absolute atomic E-state index is 13.7. The number of nitrogens with one attached hydrogen (secondary N) is 1. The lowest BCUT2D eigenvalue weighted by Crippen LogP contribution is -2.17. The largest absolute Gasteiger partial charge is 0.323 e. The van der Waals surface area contributed by atoms with E-state index in [-0.39, 0.29) is 11.9 Å². The first-order chi connectivity index (χ1) is 8.22. The topological polar surface area (TPSA) is 29.9 Å². The van der Waals surface area contributed by atoms with Crippen molar-refractivity contribution < 1.29 is 4.39 Å². The number of aromatic nitrogens is 2. The van der Waals surface area contributed by atoms with E-state index in [0.717, 1.165) is 11.3 Å². The van der Waals surface area contributed by atoms with Gasteiger partial charge in [-0.2, -0.15) is 0 Å². The van der Waals surface area contributed by atoms with Gasteiger partial charge in [0.2, 0.25) is 0 Å². The predicted molar refractivity (Wildman–Crippen MR) is 65.4 cm³/mol. The Morgan fingerprint density at radius 2 is 2.24 bits per heavy atom. The zero-order valence-corrected chi connectivity index (χ0v) is 10.1. The molecule has 0 aliphatic heterocycles. The van der Waals surface area contributed by atoms with Crippen LogP contribution in [0.2, 0.25) is 0 Å². The third-order valence-corrected chi connectivity index (χ3v) is 3.43. The summed E-state index contributed by atoms with van der Waals surface area (Å²) in [6.07, 6.45) is 2.34. The summed E-state index contributed by atoms with van der Waals surface area (Å²) in [5, 5.41) is 3.18. The Bertz CT molecular complexity index is 557. The molecule has 1 N–H and O–H groups in total. The summed E-state index contributed by atoms with van der Waals surface area (Å²) < 4.78 is 15.9. The van der Waals surface area contributed by atoms with Gasteiger partial charge in [-0.25, -0.2) is 9.37 Å². The minimum atomic E-state index is -0.230. The lowest BCUT2D eigenvalue weighted by atomic mass is 10.3. The van der Waals surface area contributed by atoms with Gasteiger partial charge in [0.1, 0.15) is 11.3 Å². The van der Waals surface area contributed by atoms with Crippen molar-refractivity contribution in [1.29, 1.82) is 0 Å². The lowest BCUT2D eigenvalue weighted by molar-refractivity contribution is 0.564. The Labute approximate surface area is 99.7 Å². The SMILES string of the molecule is CNC(C)c1nc2c(F)cccc2n1C1CC1. The van der Waals surface area contributed by atoms with Crippen LogP contribution in [0.15, 0.2) is 18.2 Å². The van der Waals surface area contributed by atoms with E-state index in [9.17, 15) is 4.39 Å². The highest BCUT2D eigenvalue weighted by Gasteiger charge is 2.30. The molecule has 3 nitrogen and oxygen atoms in total. The van der Waals surface area contributed by atoms with Crippen LogP contribution in [0.25, 0.3) is 11.0 Å². The number of benzene rings is 1. The molecule has 4 heteroatoms. The minimum absolute atomic E-state index is 0.141. The molecular weight excluding hydrogens is 217 g/mol. The summed E-state index contributed by atoms with van der Waals surface area (Å²) in [5.41, 5.74) is 1.42. The second-order valence-electron chi connectivity index (χ2n) is 4.69. The van der Waals surface area contributed by atoms with Gasteiger partial charge < -0.3 is 9.88 Å². The van der Waals surface area contributed by atoms with Gasteiger partial charge in [-0.3, -0.25) is 0 Å². The molecule has 0 radical (unpaired) electrons. The van der Waals surface area contributed by atoms with Crippen LogP contribution in [-0.2, 0) is 0 Å². The van der Waals surface area contributed by atoms with Gasteiger partial charge in [0, 0.05) is 6.04 Å². The molecule has 2 aromatic rings. The van der Waals surface area contributed by atoms with Crippen LogP contribution in [0.3, 0.4) is 0 Å². The molecule has 0 spiro atoms. The van der Waals surface area contributed by atoms with Crippen molar-refractivity contribution in [3.8, 4) is 0 Å². The quantitative estimate of drug-likeness (QED) is 0.883. The molecule has 1 unspecified atom stereocenters. The molecule has 0 bridgehead atoms. The van der Waals surface area contributed by atoms with E-state index in [4.69, 9.17) is 0 Å². The average molecular weight is 233 g/mol. The molecule has 1 saturated carbocycles. The number of halogens is 1. The van der Waals surface area contributed by atoms with Crippen molar-refractivity contribution in [1.82, 2.24) is 14.9 Å². The van der Waals surface area contributed by atoms with Crippen molar-refractivity contribution >= 4 is 11.0 Å². The fraction of sp³-hybridized carbons (Fsp3) is 0.462. The monoisotopic (exact) mass is 233 g/mol. The molecule has 0 amide bonds. The Morgan fingerprint density at radius 1 is 1.47 bits per heavy atom. The average Bonchev–Trinajstić information content (AvgIpc) is 3.09. The van der Waals surface area contributed by atoms with Crippen molar-refractivity contribution in [2.24, 2.45) is 0 Å². The molecule has 1 atom stereocenters. The van der Waals surface area contributed by atoms with Crippen LogP contribution in [0, 0.1) is 5.82 Å². The van der Waals surface area contributed by atoms with E-state index in [0.29, 0.717) is 11.6 Å². The van der Waals surface area contributed by atoms with Gasteiger partial charge in [-0.1, -0.05) is 6.07 Å². The second-order valence-corrected chi connectivity index (χ2v) is 4.69. The van der Waals surface area contributed by atoms with Crippen LogP contribution in [0.1, 0.15) is 37.7 Å². The van der Waals surface area contributed by atoms with E-state index in [1.165, 1.54) is 18.9 Å². The highest BCUT2D eigenvalue weighted by atomic mass is 19.1. The minimum Gasteiger partial charge on any atom is -0.323 e. The zero-order chi connectivity index (χ0) is 12.0. The predicted octanol–water partition coefficient (Wildman–Crippen LogP) is 2.79. The Hall–Kier alpha value is -1.42. The van der Waals surface area contributed by atoms with Crippen LogP contribution in [0.4, 0.5) is 4.39 Å². The number of hydrogen-bond acceptors (Lipinski definition) is 2. The highest BCUT2D eigenvalue weighted by molar-refractivity contribution is 5.77. The fourth-order valence-electron chi connectivity index (χ4n) is 2.25. The van der Waals surface area contributed by atoms with E-state index in [1.54, 1.807) is 6.07 Å². The molecule has 3 rings (SSSR count). The van der Waals surface area contributed by atoms with Crippen LogP contribution in [-0.4, -0.2) is 16.6 Å². The lowest BCUT2D eigenvalue weighted by Gasteiger charge is -2.13. The van der Waals surface area contributed by atoms with Crippen LogP contribution >= 0.6 is 0 Å². The Balaban J connectivity index is 2.26. The maximum Gasteiger partial charge on any atom is 0.151 e. The van der Waals surface area contributed by atoms with Crippen molar-refractivity contribution in [2.75, 3.05) is 7.05 Å². The molecule has 0 saturated heterocycles. The van der Waals surface area contributed by atoms with Crippen LogP contribution < -0.4 is 5.32 Å². The third kappa shape index (κ3) is 1.63. The standard InChI is InChI=1S/C13H16FN3/c1-8(15-2)13-16-12-10(14)4-3-5-11(12)17(13)9-6-7-9/h3-5,8-9,15H,6-7H2,1-2H3. The molecule has 1 aliphatic carbocycles. The number of hydrogen-bond donors (Lipinski definition) is 1. The summed E-state index contributed by atoms with van der Waals surface area (Å²) in [5.74, 6) is 0.710. The van der Waals surface area contributed by atoms with Gasteiger partial charge in [-0.15, -0.1) is 0 Å². The summed E-state index contributed by atoms with van der Waals surface area (Å²) in [6.45, 7) is 2.05. The fourth-order valence-corrected chi connectivity index (χ4v) is 2.25. The number of para-hydroxylation sites is 1. The number of fused-ring (bicyclic) bond motifs is 1. The summed E-state index contributed by atoms with van der Waals surface area (Å²) >= 11 is 0. The van der Waals surface area contributed by atoms with Crippen LogP contribution in [0.5, 0.6) is 0 Å². The first kappa shape index (κ1) is 10.7. The van der Waals surface area contributed by atoms with E-state index in [1.807, 2.05) is 13.1 Å². The first-order valence-corrected chi connectivity index (χ1v) is 6.06. The van der Waals surface area contributed by atoms with Gasteiger partial charge in [-0.05, 0) is 38.9 Å². The first-order valence-electron chi connectivity index (χ1n) is 6.06. The van der Waals surface area contributed by atoms with Gasteiger partial charge in [0.25, 0.3) is 0 Å². The van der Waals surface area contributed by atoms with E-state index >= 15 is 0 Å². The third-order valence-electron chi connectivity index (χ3n) is 3.43. The Kier molecular flexibility index (Phi) is 2.40.